The van der Waals surface area contributed by atoms with E-state index < -0.39 is 23.0 Å². The number of rotatable bonds is 2. The first kappa shape index (κ1) is 11.4. The zero-order valence-electron chi connectivity index (χ0n) is 8.58. The normalized spacial score (nSPS) is 10.3. The minimum absolute atomic E-state index is 0.124. The second-order valence-electron chi connectivity index (χ2n) is 3.48. The maximum atomic E-state index is 13.3. The molecule has 0 spiro atoms. The molecule has 4 heteroatoms. The van der Waals surface area contributed by atoms with Crippen molar-refractivity contribution in [3.8, 4) is 11.1 Å². The summed E-state index contributed by atoms with van der Waals surface area (Å²) in [4.78, 5) is 10.4. The van der Waals surface area contributed by atoms with Gasteiger partial charge in [-0.1, -0.05) is 12.1 Å². The van der Waals surface area contributed by atoms with E-state index in [1.54, 1.807) is 0 Å². The maximum absolute atomic E-state index is 13.3. The summed E-state index contributed by atoms with van der Waals surface area (Å²) in [6, 6.07) is 7.28. The average molecular weight is 236 g/mol. The second kappa shape index (κ2) is 4.41. The first-order valence-corrected chi connectivity index (χ1v) is 4.82. The third kappa shape index (κ3) is 2.20. The van der Waals surface area contributed by atoms with Crippen molar-refractivity contribution in [3.63, 3.8) is 0 Å². The fourth-order valence-electron chi connectivity index (χ4n) is 1.51. The highest BCUT2D eigenvalue weighted by molar-refractivity contribution is 5.78. The average Bonchev–Trinajstić information content (AvgIpc) is 2.29. The van der Waals surface area contributed by atoms with E-state index in [2.05, 4.69) is 0 Å². The highest BCUT2D eigenvalue weighted by atomic mass is 19.1. The molecular weight excluding hydrogens is 229 g/mol. The Balaban J connectivity index is 2.54. The van der Waals surface area contributed by atoms with Crippen LogP contribution in [0.3, 0.4) is 0 Å². The molecule has 0 amide bonds. The van der Waals surface area contributed by atoms with E-state index >= 15 is 0 Å². The monoisotopic (exact) mass is 236 g/mol. The molecule has 0 heterocycles. The molecule has 0 unspecified atom stereocenters. The SMILES string of the molecule is O=Cc1c(F)cc(-c2ccc(F)cc2)cc1F. The van der Waals surface area contributed by atoms with Gasteiger partial charge in [0.2, 0.25) is 0 Å². The third-order valence-corrected chi connectivity index (χ3v) is 2.37. The van der Waals surface area contributed by atoms with Gasteiger partial charge in [0.25, 0.3) is 0 Å². The van der Waals surface area contributed by atoms with Gasteiger partial charge in [-0.15, -0.1) is 0 Å². The number of carbonyl (C=O) groups excluding carboxylic acids is 1. The molecule has 86 valence electrons. The lowest BCUT2D eigenvalue weighted by atomic mass is 10.0. The molecule has 1 nitrogen and oxygen atoms in total. The van der Waals surface area contributed by atoms with Crippen LogP contribution in [0, 0.1) is 17.5 Å². The van der Waals surface area contributed by atoms with Crippen LogP contribution in [0.5, 0.6) is 0 Å². The first-order valence-electron chi connectivity index (χ1n) is 4.82. The molecular formula is C13H7F3O. The van der Waals surface area contributed by atoms with Crippen LogP contribution in [0.25, 0.3) is 11.1 Å². The highest BCUT2D eigenvalue weighted by Gasteiger charge is 2.11. The van der Waals surface area contributed by atoms with Crippen LogP contribution in [0.1, 0.15) is 10.4 Å². The first-order chi connectivity index (χ1) is 8.11. The van der Waals surface area contributed by atoms with E-state index in [0.29, 0.717) is 5.56 Å². The second-order valence-corrected chi connectivity index (χ2v) is 3.48. The van der Waals surface area contributed by atoms with Gasteiger partial charge in [-0.05, 0) is 35.4 Å². The summed E-state index contributed by atoms with van der Waals surface area (Å²) in [5.41, 5.74) is 0.128. The molecule has 0 bridgehead atoms. The number of benzene rings is 2. The van der Waals surface area contributed by atoms with Crippen LogP contribution in [-0.2, 0) is 0 Å². The van der Waals surface area contributed by atoms with E-state index in [4.69, 9.17) is 0 Å². The lowest BCUT2D eigenvalue weighted by Gasteiger charge is -2.04. The summed E-state index contributed by atoms with van der Waals surface area (Å²) in [5, 5.41) is 0. The van der Waals surface area contributed by atoms with Crippen molar-refractivity contribution in [2.45, 2.75) is 0 Å². The van der Waals surface area contributed by atoms with Crippen molar-refractivity contribution in [3.05, 3.63) is 59.4 Å². The van der Waals surface area contributed by atoms with Crippen molar-refractivity contribution in [1.82, 2.24) is 0 Å². The van der Waals surface area contributed by atoms with Crippen LogP contribution in [0.4, 0.5) is 13.2 Å². The van der Waals surface area contributed by atoms with Crippen LogP contribution >= 0.6 is 0 Å². The summed E-state index contributed by atoms with van der Waals surface area (Å²) in [5.74, 6) is -2.29. The Hall–Kier alpha value is -2.10. The molecule has 0 saturated carbocycles. The molecule has 0 fully saturated rings. The highest BCUT2D eigenvalue weighted by Crippen LogP contribution is 2.23. The molecule has 2 rings (SSSR count). The lowest BCUT2D eigenvalue weighted by molar-refractivity contribution is 0.111. The predicted molar refractivity (Wildman–Crippen MR) is 57.1 cm³/mol. The molecule has 17 heavy (non-hydrogen) atoms. The maximum Gasteiger partial charge on any atom is 0.155 e. The third-order valence-electron chi connectivity index (χ3n) is 2.37. The summed E-state index contributed by atoms with van der Waals surface area (Å²) < 4.78 is 39.3. The number of hydrogen-bond donors (Lipinski definition) is 0. The molecule has 2 aromatic carbocycles. The van der Waals surface area contributed by atoms with Gasteiger partial charge in [0.15, 0.2) is 6.29 Å². The fourth-order valence-corrected chi connectivity index (χ4v) is 1.51. The van der Waals surface area contributed by atoms with E-state index in [0.717, 1.165) is 12.1 Å². The van der Waals surface area contributed by atoms with Crippen molar-refractivity contribution in [2.75, 3.05) is 0 Å². The topological polar surface area (TPSA) is 17.1 Å². The Morgan fingerprint density at radius 3 is 1.82 bits per heavy atom. The zero-order valence-corrected chi connectivity index (χ0v) is 8.58. The molecule has 0 radical (unpaired) electrons. The zero-order chi connectivity index (χ0) is 12.4. The number of hydrogen-bond acceptors (Lipinski definition) is 1. The molecule has 0 N–H and O–H groups in total. The predicted octanol–water partition coefficient (Wildman–Crippen LogP) is 3.58. The lowest BCUT2D eigenvalue weighted by Crippen LogP contribution is -1.94. The number of aldehydes is 1. The summed E-state index contributed by atoms with van der Waals surface area (Å²) in [6.07, 6.45) is 0.124. The van der Waals surface area contributed by atoms with Crippen molar-refractivity contribution in [1.29, 1.82) is 0 Å². The fraction of sp³-hybridized carbons (Fsp3) is 0. The van der Waals surface area contributed by atoms with E-state index in [1.807, 2.05) is 0 Å². The van der Waals surface area contributed by atoms with Gasteiger partial charge >= 0.3 is 0 Å². The molecule has 0 atom stereocenters. The molecule has 0 aliphatic heterocycles. The van der Waals surface area contributed by atoms with Gasteiger partial charge in [-0.25, -0.2) is 13.2 Å². The van der Waals surface area contributed by atoms with Crippen molar-refractivity contribution < 1.29 is 18.0 Å². The quantitative estimate of drug-likeness (QED) is 0.728. The van der Waals surface area contributed by atoms with E-state index in [-0.39, 0.29) is 11.8 Å². The van der Waals surface area contributed by atoms with Gasteiger partial charge in [0, 0.05) is 0 Å². The van der Waals surface area contributed by atoms with E-state index in [1.165, 1.54) is 24.3 Å². The van der Waals surface area contributed by atoms with Gasteiger partial charge in [-0.2, -0.15) is 0 Å². The molecule has 2 aromatic rings. The molecule has 0 aliphatic carbocycles. The largest absolute Gasteiger partial charge is 0.298 e. The van der Waals surface area contributed by atoms with Gasteiger partial charge < -0.3 is 0 Å². The number of halogens is 3. The molecule has 0 saturated heterocycles. The Morgan fingerprint density at radius 2 is 1.35 bits per heavy atom. The summed E-state index contributed by atoms with van der Waals surface area (Å²) in [7, 11) is 0. The van der Waals surface area contributed by atoms with Gasteiger partial charge in [0.05, 0.1) is 5.56 Å². The minimum atomic E-state index is -0.931. The Kier molecular flexibility index (Phi) is 2.95. The Bertz CT molecular complexity index is 538. The summed E-state index contributed by atoms with van der Waals surface area (Å²) >= 11 is 0. The Labute approximate surface area is 95.5 Å². The minimum Gasteiger partial charge on any atom is -0.298 e. The van der Waals surface area contributed by atoms with Crippen molar-refractivity contribution >= 4 is 6.29 Å². The van der Waals surface area contributed by atoms with Crippen LogP contribution in [0.15, 0.2) is 36.4 Å². The van der Waals surface area contributed by atoms with Crippen LogP contribution in [-0.4, -0.2) is 6.29 Å². The van der Waals surface area contributed by atoms with Gasteiger partial charge in [0.1, 0.15) is 17.5 Å². The molecule has 0 aliphatic rings. The molecule has 0 aromatic heterocycles. The van der Waals surface area contributed by atoms with E-state index in [9.17, 15) is 18.0 Å². The van der Waals surface area contributed by atoms with Crippen LogP contribution in [0.2, 0.25) is 0 Å². The van der Waals surface area contributed by atoms with Gasteiger partial charge in [-0.3, -0.25) is 4.79 Å². The Morgan fingerprint density at radius 1 is 0.824 bits per heavy atom. The number of carbonyl (C=O) groups is 1. The smallest absolute Gasteiger partial charge is 0.155 e. The van der Waals surface area contributed by atoms with Crippen LogP contribution < -0.4 is 0 Å². The van der Waals surface area contributed by atoms with Crippen molar-refractivity contribution in [2.24, 2.45) is 0 Å². The summed E-state index contributed by atoms with van der Waals surface area (Å²) in [6.45, 7) is 0. The standard InChI is InChI=1S/C13H7F3O/c14-10-3-1-8(2-4-10)9-5-12(15)11(7-17)13(16)6-9/h1-7H.